The number of para-hydroxylation sites is 1. The summed E-state index contributed by atoms with van der Waals surface area (Å²) in [7, 11) is 0. The van der Waals surface area contributed by atoms with Crippen molar-refractivity contribution in [3.8, 4) is 22.9 Å². The van der Waals surface area contributed by atoms with Crippen LogP contribution in [0.5, 0.6) is 11.6 Å². The molecule has 0 saturated heterocycles. The number of hydrogen-bond donors (Lipinski definition) is 2. The molecule has 2 heterocycles. The quantitative estimate of drug-likeness (QED) is 0.218. The van der Waals surface area contributed by atoms with Crippen LogP contribution in [0.25, 0.3) is 11.3 Å². The number of fused-ring (bicyclic) bond motifs is 3. The molecule has 6 nitrogen and oxygen atoms in total. The predicted octanol–water partition coefficient (Wildman–Crippen LogP) is 7.32. The van der Waals surface area contributed by atoms with Crippen molar-refractivity contribution in [2.24, 2.45) is 0 Å². The number of nitrogens with zero attached hydrogens (tertiary/aromatic N) is 3. The zero-order valence-corrected chi connectivity index (χ0v) is 22.1. The van der Waals surface area contributed by atoms with Gasteiger partial charge in [-0.2, -0.15) is 4.98 Å². The van der Waals surface area contributed by atoms with Gasteiger partial charge in [-0.25, -0.2) is 0 Å². The van der Waals surface area contributed by atoms with Crippen molar-refractivity contribution in [3.63, 3.8) is 0 Å². The van der Waals surface area contributed by atoms with E-state index >= 15 is 0 Å². The maximum Gasteiger partial charge on any atom is 0.247 e. The van der Waals surface area contributed by atoms with Crippen LogP contribution in [0.3, 0.4) is 0 Å². The van der Waals surface area contributed by atoms with Crippen LogP contribution in [-0.2, 0) is 0 Å². The Labute approximate surface area is 210 Å². The SMILES string of the molecule is CCCCCSc1nnc2c(n1)OC(c1c(Br)cc(Br)c(O)c1Br)Nc1ccccc1-2. The minimum absolute atomic E-state index is 0.0920. The van der Waals surface area contributed by atoms with E-state index in [1.165, 1.54) is 12.8 Å². The number of aromatic hydroxyl groups is 1. The second-order valence-electron chi connectivity index (χ2n) is 6.91. The van der Waals surface area contributed by atoms with Gasteiger partial charge in [0.15, 0.2) is 5.69 Å². The lowest BCUT2D eigenvalue weighted by atomic mass is 10.1. The van der Waals surface area contributed by atoms with Crippen LogP contribution >= 0.6 is 59.6 Å². The normalized spacial score (nSPS) is 14.8. The first kappa shape index (κ1) is 22.8. The lowest BCUT2D eigenvalue weighted by Crippen LogP contribution is -2.18. The number of unbranched alkanes of at least 4 members (excludes halogenated alkanes) is 2. The monoisotopic (exact) mass is 628 g/mol. The summed E-state index contributed by atoms with van der Waals surface area (Å²) in [5.41, 5.74) is 2.99. The number of halogens is 3. The number of hydrogen-bond acceptors (Lipinski definition) is 7. The van der Waals surface area contributed by atoms with Gasteiger partial charge in [-0.1, -0.05) is 65.7 Å². The molecule has 0 saturated carbocycles. The number of aromatic nitrogens is 3. The number of thioether (sulfide) groups is 1. The zero-order valence-electron chi connectivity index (χ0n) is 16.5. The maximum absolute atomic E-state index is 10.4. The van der Waals surface area contributed by atoms with E-state index in [4.69, 9.17) is 4.74 Å². The average Bonchev–Trinajstić information content (AvgIpc) is 2.91. The molecule has 31 heavy (non-hydrogen) atoms. The summed E-state index contributed by atoms with van der Waals surface area (Å²) in [5.74, 6) is 1.43. The molecule has 1 aliphatic heterocycles. The first-order valence-corrected chi connectivity index (χ1v) is 13.1. The lowest BCUT2D eigenvalue weighted by molar-refractivity contribution is 0.223. The largest absolute Gasteiger partial charge is 0.506 e. The van der Waals surface area contributed by atoms with Crippen LogP contribution in [-0.4, -0.2) is 26.0 Å². The van der Waals surface area contributed by atoms with Gasteiger partial charge in [0.05, 0.1) is 8.95 Å². The number of ether oxygens (including phenoxy) is 1. The number of phenols is 1. The van der Waals surface area contributed by atoms with E-state index in [0.29, 0.717) is 31.2 Å². The van der Waals surface area contributed by atoms with Gasteiger partial charge in [-0.3, -0.25) is 0 Å². The fourth-order valence-corrected chi connectivity index (χ4v) is 6.50. The van der Waals surface area contributed by atoms with Crippen LogP contribution in [0.15, 0.2) is 48.9 Å². The molecule has 1 aromatic heterocycles. The topological polar surface area (TPSA) is 80.2 Å². The third-order valence-electron chi connectivity index (χ3n) is 4.76. The summed E-state index contributed by atoms with van der Waals surface area (Å²) in [5, 5.41) is 23.2. The maximum atomic E-state index is 10.4. The van der Waals surface area contributed by atoms with Crippen molar-refractivity contribution >= 4 is 65.2 Å². The Morgan fingerprint density at radius 3 is 2.74 bits per heavy atom. The summed E-state index contributed by atoms with van der Waals surface area (Å²) in [6.07, 6.45) is 2.82. The van der Waals surface area contributed by atoms with E-state index in [9.17, 15) is 5.11 Å². The second-order valence-corrected chi connectivity index (χ2v) is 10.5. The van der Waals surface area contributed by atoms with E-state index < -0.39 is 6.23 Å². The van der Waals surface area contributed by atoms with Crippen LogP contribution in [0, 0.1) is 0 Å². The third-order valence-corrected chi connectivity index (χ3v) is 7.74. The Morgan fingerprint density at radius 2 is 1.94 bits per heavy atom. The van der Waals surface area contributed by atoms with Crippen LogP contribution in [0.1, 0.15) is 38.0 Å². The molecule has 10 heteroatoms. The Bertz CT molecular complexity index is 1120. The molecule has 0 fully saturated rings. The molecule has 2 N–H and O–H groups in total. The number of benzene rings is 2. The van der Waals surface area contributed by atoms with Crippen molar-refractivity contribution < 1.29 is 9.84 Å². The number of rotatable bonds is 6. The van der Waals surface area contributed by atoms with Crippen molar-refractivity contribution in [2.45, 2.75) is 37.6 Å². The van der Waals surface area contributed by atoms with E-state index in [1.54, 1.807) is 17.8 Å². The standard InChI is InChI=1S/C21H19Br3N4O2S/c1-2-3-6-9-31-21-26-20-17(27-28-21)11-7-4-5-8-14(11)25-19(30-20)15-12(22)10-13(23)18(29)16(15)24/h4-5,7-8,10,19,25,29H,2-3,6,9H2,1H3. The Kier molecular flexibility index (Phi) is 7.40. The third kappa shape index (κ3) is 4.86. The van der Waals surface area contributed by atoms with E-state index in [1.807, 2.05) is 24.3 Å². The van der Waals surface area contributed by atoms with Gasteiger partial charge in [0.1, 0.15) is 5.75 Å². The van der Waals surface area contributed by atoms with Crippen molar-refractivity contribution in [1.82, 2.24) is 15.2 Å². The van der Waals surface area contributed by atoms with Crippen LogP contribution < -0.4 is 10.1 Å². The fourth-order valence-electron chi connectivity index (χ4n) is 3.19. The van der Waals surface area contributed by atoms with Gasteiger partial charge < -0.3 is 15.2 Å². The first-order valence-electron chi connectivity index (χ1n) is 9.76. The van der Waals surface area contributed by atoms with Crippen molar-refractivity contribution in [2.75, 3.05) is 11.1 Å². The molecule has 1 unspecified atom stereocenters. The summed E-state index contributed by atoms with van der Waals surface area (Å²) in [6, 6.07) is 9.58. The highest BCUT2D eigenvalue weighted by Crippen LogP contribution is 2.46. The van der Waals surface area contributed by atoms with Crippen LogP contribution in [0.2, 0.25) is 0 Å². The van der Waals surface area contributed by atoms with Gasteiger partial charge in [0.25, 0.3) is 0 Å². The molecular weight excluding hydrogens is 612 g/mol. The number of nitrogens with one attached hydrogen (secondary N) is 1. The van der Waals surface area contributed by atoms with Crippen LogP contribution in [0.4, 0.5) is 5.69 Å². The molecular formula is C21H19Br3N4O2S. The van der Waals surface area contributed by atoms with Gasteiger partial charge in [0, 0.05) is 27.0 Å². The average molecular weight is 631 g/mol. The smallest absolute Gasteiger partial charge is 0.247 e. The zero-order chi connectivity index (χ0) is 22.0. The molecule has 0 amide bonds. The van der Waals surface area contributed by atoms with Gasteiger partial charge >= 0.3 is 0 Å². The summed E-state index contributed by atoms with van der Waals surface area (Å²) in [4.78, 5) is 4.67. The minimum atomic E-state index is -0.625. The molecule has 3 aromatic rings. The molecule has 1 atom stereocenters. The minimum Gasteiger partial charge on any atom is -0.506 e. The summed E-state index contributed by atoms with van der Waals surface area (Å²) in [6.45, 7) is 2.18. The van der Waals surface area contributed by atoms with Crippen molar-refractivity contribution in [3.05, 3.63) is 49.3 Å². The summed E-state index contributed by atoms with van der Waals surface area (Å²) < 4.78 is 8.17. The van der Waals surface area contributed by atoms with Gasteiger partial charge in [-0.05, 0) is 50.4 Å². The summed E-state index contributed by atoms with van der Waals surface area (Å²) >= 11 is 12.0. The second kappa shape index (κ2) is 10.1. The first-order chi connectivity index (χ1) is 15.0. The number of anilines is 1. The predicted molar refractivity (Wildman–Crippen MR) is 134 cm³/mol. The fraction of sp³-hybridized carbons (Fsp3) is 0.286. The molecule has 0 aliphatic carbocycles. The molecule has 0 bridgehead atoms. The molecule has 2 aromatic carbocycles. The van der Waals surface area contributed by atoms with E-state index in [-0.39, 0.29) is 5.75 Å². The Morgan fingerprint density at radius 1 is 1.13 bits per heavy atom. The Balaban J connectivity index is 1.76. The number of phenolic OH excluding ortho intramolecular Hbond substituents is 1. The van der Waals surface area contributed by atoms with Crippen molar-refractivity contribution in [1.29, 1.82) is 0 Å². The Hall–Kier alpha value is -1.36. The van der Waals surface area contributed by atoms with E-state index in [0.717, 1.165) is 27.9 Å². The highest BCUT2D eigenvalue weighted by Gasteiger charge is 2.30. The molecule has 4 rings (SSSR count). The van der Waals surface area contributed by atoms with Gasteiger partial charge in [0.2, 0.25) is 17.3 Å². The van der Waals surface area contributed by atoms with Gasteiger partial charge in [-0.15, -0.1) is 10.2 Å². The highest BCUT2D eigenvalue weighted by atomic mass is 79.9. The molecule has 1 aliphatic rings. The molecule has 162 valence electrons. The van der Waals surface area contributed by atoms with E-state index in [2.05, 4.69) is 75.2 Å². The molecule has 0 spiro atoms. The highest BCUT2D eigenvalue weighted by molar-refractivity contribution is 9.11. The molecule has 0 radical (unpaired) electrons. The lowest BCUT2D eigenvalue weighted by Gasteiger charge is -2.22.